The molecule has 1 aromatic rings. The van der Waals surface area contributed by atoms with Crippen molar-refractivity contribution in [3.63, 3.8) is 0 Å². The number of ether oxygens (including phenoxy) is 1. The number of nitrogens with one attached hydrogen (secondary N) is 1. The second kappa shape index (κ2) is 7.02. The van der Waals surface area contributed by atoms with Crippen LogP contribution in [0.3, 0.4) is 0 Å². The predicted molar refractivity (Wildman–Crippen MR) is 111 cm³/mol. The van der Waals surface area contributed by atoms with Gasteiger partial charge in [-0.25, -0.2) is 4.79 Å². The molecule has 29 heavy (non-hydrogen) atoms. The summed E-state index contributed by atoms with van der Waals surface area (Å²) in [6, 6.07) is 3.63. The summed E-state index contributed by atoms with van der Waals surface area (Å²) < 4.78 is 18.0. The van der Waals surface area contributed by atoms with Crippen molar-refractivity contribution in [2.45, 2.75) is 78.4 Å². The fourth-order valence-electron chi connectivity index (χ4n) is 3.45. The molecule has 1 saturated heterocycles. The highest BCUT2D eigenvalue weighted by Gasteiger charge is 2.53. The molecular formula is C21H31BN2O5. The van der Waals surface area contributed by atoms with E-state index >= 15 is 0 Å². The maximum Gasteiger partial charge on any atom is 0.495 e. The summed E-state index contributed by atoms with van der Waals surface area (Å²) in [5.74, 6) is -0.193. The van der Waals surface area contributed by atoms with Crippen LogP contribution in [0.2, 0.25) is 0 Å². The molecule has 0 atom stereocenters. The topological polar surface area (TPSA) is 77.1 Å². The minimum atomic E-state index is -0.614. The molecule has 1 N–H and O–H groups in total. The zero-order valence-electron chi connectivity index (χ0n) is 18.6. The second-order valence-electron chi connectivity index (χ2n) is 9.71. The summed E-state index contributed by atoms with van der Waals surface area (Å²) in [4.78, 5) is 26.6. The number of hydrogen-bond acceptors (Lipinski definition) is 5. The van der Waals surface area contributed by atoms with Gasteiger partial charge in [-0.2, -0.15) is 0 Å². The molecule has 158 valence electrons. The van der Waals surface area contributed by atoms with Gasteiger partial charge in [0.05, 0.1) is 11.2 Å². The monoisotopic (exact) mass is 402 g/mol. The molecule has 2 heterocycles. The highest BCUT2D eigenvalue weighted by molar-refractivity contribution is 6.62. The fraction of sp³-hybridized carbons (Fsp3) is 0.619. The highest BCUT2D eigenvalue weighted by Crippen LogP contribution is 2.37. The lowest BCUT2D eigenvalue weighted by Gasteiger charge is -2.32. The van der Waals surface area contributed by atoms with Crippen molar-refractivity contribution < 1.29 is 23.6 Å². The lowest BCUT2D eigenvalue weighted by atomic mass is 9.74. The van der Waals surface area contributed by atoms with Gasteiger partial charge in [-0.05, 0) is 77.2 Å². The largest absolute Gasteiger partial charge is 0.495 e. The van der Waals surface area contributed by atoms with Gasteiger partial charge in [0.1, 0.15) is 5.60 Å². The van der Waals surface area contributed by atoms with Crippen molar-refractivity contribution in [2.75, 3.05) is 7.05 Å². The van der Waals surface area contributed by atoms with E-state index < -0.39 is 23.9 Å². The van der Waals surface area contributed by atoms with Crippen LogP contribution < -0.4 is 10.8 Å². The Balaban J connectivity index is 1.98. The first-order valence-corrected chi connectivity index (χ1v) is 9.95. The molecule has 0 saturated carbocycles. The first kappa shape index (κ1) is 21.6. The quantitative estimate of drug-likeness (QED) is 0.770. The van der Waals surface area contributed by atoms with Crippen LogP contribution in [0.15, 0.2) is 12.1 Å². The maximum absolute atomic E-state index is 12.6. The SMILES string of the molecule is CNC(=O)c1cc2c(c(B3OC(C)(C)C(C)(C)O3)c1)CN(C(=O)OC(C)(C)C)C2. The lowest BCUT2D eigenvalue weighted by molar-refractivity contribution is 0.00578. The molecule has 1 fully saturated rings. The van der Waals surface area contributed by atoms with Crippen molar-refractivity contribution in [3.8, 4) is 0 Å². The Labute approximate surface area is 173 Å². The number of carbonyl (C=O) groups is 2. The van der Waals surface area contributed by atoms with Crippen LogP contribution in [0.5, 0.6) is 0 Å². The minimum Gasteiger partial charge on any atom is -0.444 e. The highest BCUT2D eigenvalue weighted by atomic mass is 16.7. The van der Waals surface area contributed by atoms with Gasteiger partial charge in [0.25, 0.3) is 5.91 Å². The lowest BCUT2D eigenvalue weighted by Crippen LogP contribution is -2.41. The van der Waals surface area contributed by atoms with E-state index in [1.807, 2.05) is 54.5 Å². The zero-order chi connectivity index (χ0) is 21.8. The molecule has 2 aliphatic heterocycles. The van der Waals surface area contributed by atoms with Gasteiger partial charge in [0.15, 0.2) is 0 Å². The molecule has 2 amide bonds. The van der Waals surface area contributed by atoms with Crippen molar-refractivity contribution in [2.24, 2.45) is 0 Å². The Bertz CT molecular complexity index is 828. The summed E-state index contributed by atoms with van der Waals surface area (Å²) in [6.45, 7) is 14.2. The Morgan fingerprint density at radius 3 is 2.21 bits per heavy atom. The van der Waals surface area contributed by atoms with E-state index in [4.69, 9.17) is 14.0 Å². The number of rotatable bonds is 2. The van der Waals surface area contributed by atoms with Crippen molar-refractivity contribution in [1.82, 2.24) is 10.2 Å². The van der Waals surface area contributed by atoms with E-state index in [2.05, 4.69) is 5.32 Å². The molecule has 0 spiro atoms. The number of nitrogens with zero attached hydrogens (tertiary/aromatic N) is 1. The zero-order valence-corrected chi connectivity index (χ0v) is 18.6. The molecule has 3 rings (SSSR count). The molecule has 0 unspecified atom stereocenters. The van der Waals surface area contributed by atoms with Crippen molar-refractivity contribution in [1.29, 1.82) is 0 Å². The number of amides is 2. The van der Waals surface area contributed by atoms with E-state index in [-0.39, 0.29) is 12.0 Å². The summed E-state index contributed by atoms with van der Waals surface area (Å²) in [6.07, 6.45) is -0.380. The minimum absolute atomic E-state index is 0.193. The van der Waals surface area contributed by atoms with Crippen LogP contribution in [0.1, 0.15) is 70.0 Å². The Morgan fingerprint density at radius 2 is 1.69 bits per heavy atom. The average molecular weight is 402 g/mol. The van der Waals surface area contributed by atoms with Crippen LogP contribution in [0, 0.1) is 0 Å². The summed E-state index contributed by atoms with van der Waals surface area (Å²) >= 11 is 0. The summed E-state index contributed by atoms with van der Waals surface area (Å²) in [7, 11) is 0.980. The Kier molecular flexibility index (Phi) is 5.24. The van der Waals surface area contributed by atoms with Gasteiger partial charge < -0.3 is 19.4 Å². The first-order chi connectivity index (χ1) is 13.2. The third-order valence-electron chi connectivity index (χ3n) is 5.74. The van der Waals surface area contributed by atoms with Gasteiger partial charge >= 0.3 is 13.2 Å². The molecule has 0 radical (unpaired) electrons. The van der Waals surface area contributed by atoms with Crippen LogP contribution >= 0.6 is 0 Å². The summed E-state index contributed by atoms with van der Waals surface area (Å²) in [5.41, 5.74) is 1.57. The van der Waals surface area contributed by atoms with Gasteiger partial charge in [0.2, 0.25) is 0 Å². The van der Waals surface area contributed by atoms with Crippen LogP contribution in [-0.4, -0.2) is 47.9 Å². The number of fused-ring (bicyclic) bond motifs is 1. The standard InChI is InChI=1S/C21H31BN2O5/c1-19(2,3)27-18(26)24-11-14-9-13(17(25)23-8)10-16(15(14)12-24)22-28-20(4,5)21(6,7)29-22/h9-10H,11-12H2,1-8H3,(H,23,25). The van der Waals surface area contributed by atoms with E-state index in [1.165, 1.54) is 0 Å². The number of carbonyl (C=O) groups excluding carboxylic acids is 2. The predicted octanol–water partition coefficient (Wildman–Crippen LogP) is 2.60. The van der Waals surface area contributed by atoms with Crippen LogP contribution in [0.25, 0.3) is 0 Å². The van der Waals surface area contributed by atoms with E-state index in [0.717, 1.165) is 16.6 Å². The normalized spacial score (nSPS) is 19.9. The van der Waals surface area contributed by atoms with Crippen molar-refractivity contribution in [3.05, 3.63) is 28.8 Å². The van der Waals surface area contributed by atoms with Crippen LogP contribution in [-0.2, 0) is 27.1 Å². The van der Waals surface area contributed by atoms with Crippen molar-refractivity contribution >= 4 is 24.6 Å². The third kappa shape index (κ3) is 4.14. The van der Waals surface area contributed by atoms with E-state index in [1.54, 1.807) is 18.0 Å². The van der Waals surface area contributed by atoms with E-state index in [0.29, 0.717) is 18.7 Å². The summed E-state index contributed by atoms with van der Waals surface area (Å²) in [5, 5.41) is 2.66. The third-order valence-corrected chi connectivity index (χ3v) is 5.74. The number of hydrogen-bond donors (Lipinski definition) is 1. The van der Waals surface area contributed by atoms with E-state index in [9.17, 15) is 9.59 Å². The molecule has 7 nitrogen and oxygen atoms in total. The maximum atomic E-state index is 12.6. The van der Waals surface area contributed by atoms with Gasteiger partial charge in [0, 0.05) is 25.7 Å². The fourth-order valence-corrected chi connectivity index (χ4v) is 3.45. The number of benzene rings is 1. The molecule has 0 aromatic heterocycles. The van der Waals surface area contributed by atoms with Crippen LogP contribution in [0.4, 0.5) is 4.79 Å². The van der Waals surface area contributed by atoms with Gasteiger partial charge in [-0.3, -0.25) is 9.69 Å². The average Bonchev–Trinajstić information content (AvgIpc) is 3.10. The van der Waals surface area contributed by atoms with Gasteiger partial charge in [-0.1, -0.05) is 0 Å². The Hall–Kier alpha value is -2.06. The smallest absolute Gasteiger partial charge is 0.444 e. The molecule has 8 heteroatoms. The molecular weight excluding hydrogens is 371 g/mol. The molecule has 0 aliphatic carbocycles. The Morgan fingerprint density at radius 1 is 1.10 bits per heavy atom. The second-order valence-corrected chi connectivity index (χ2v) is 9.71. The molecule has 0 bridgehead atoms. The molecule has 1 aromatic carbocycles. The van der Waals surface area contributed by atoms with Gasteiger partial charge in [-0.15, -0.1) is 0 Å². The molecule has 2 aliphatic rings. The first-order valence-electron chi connectivity index (χ1n) is 9.95.